The number of carbonyl (C=O) groups excluding carboxylic acids is 1. The molecule has 0 spiro atoms. The highest BCUT2D eigenvalue weighted by Gasteiger charge is 2.26. The molecule has 0 unspecified atom stereocenters. The first-order valence-electron chi connectivity index (χ1n) is 5.68. The van der Waals surface area contributed by atoms with Gasteiger partial charge in [0.25, 0.3) is 0 Å². The van der Waals surface area contributed by atoms with Crippen molar-refractivity contribution in [2.75, 3.05) is 16.8 Å². The minimum Gasteiger partial charge on any atom is -0.374 e. The number of aryl methyl sites for hydroxylation is 2. The number of nitrogens with one attached hydrogen (secondary N) is 1. The average Bonchev–Trinajstić information content (AvgIpc) is 2.20. The summed E-state index contributed by atoms with van der Waals surface area (Å²) < 4.78 is 0. The van der Waals surface area contributed by atoms with Crippen molar-refractivity contribution in [2.45, 2.75) is 33.7 Å². The number of anilines is 2. The van der Waals surface area contributed by atoms with Crippen LogP contribution in [-0.4, -0.2) is 18.5 Å². The van der Waals surface area contributed by atoms with E-state index in [1.165, 1.54) is 11.1 Å². The molecule has 1 aliphatic heterocycles. The van der Waals surface area contributed by atoms with Gasteiger partial charge in [-0.3, -0.25) is 4.79 Å². The smallest absolute Gasteiger partial charge is 0.246 e. The molecule has 1 amide bonds. The van der Waals surface area contributed by atoms with Crippen molar-refractivity contribution < 1.29 is 4.79 Å². The van der Waals surface area contributed by atoms with Gasteiger partial charge in [0.1, 0.15) is 0 Å². The SMILES string of the molecule is Cc1cc2c(cc1C)N(C(C)C)C(=O)CN2. The van der Waals surface area contributed by atoms with E-state index in [-0.39, 0.29) is 11.9 Å². The van der Waals surface area contributed by atoms with Crippen LogP contribution in [0.25, 0.3) is 0 Å². The van der Waals surface area contributed by atoms with Crippen molar-refractivity contribution in [3.63, 3.8) is 0 Å². The Bertz CT molecular complexity index is 438. The van der Waals surface area contributed by atoms with Crippen LogP contribution in [0.1, 0.15) is 25.0 Å². The van der Waals surface area contributed by atoms with Gasteiger partial charge in [-0.1, -0.05) is 0 Å². The number of carbonyl (C=O) groups is 1. The molecular weight excluding hydrogens is 200 g/mol. The van der Waals surface area contributed by atoms with E-state index in [0.29, 0.717) is 6.54 Å². The number of nitrogens with zero attached hydrogens (tertiary/aromatic N) is 1. The summed E-state index contributed by atoms with van der Waals surface area (Å²) >= 11 is 0. The molecule has 1 aromatic rings. The van der Waals surface area contributed by atoms with Gasteiger partial charge >= 0.3 is 0 Å². The molecule has 0 bridgehead atoms. The molecule has 0 saturated heterocycles. The predicted octanol–water partition coefficient (Wildman–Crippen LogP) is 2.47. The molecule has 0 radical (unpaired) electrons. The van der Waals surface area contributed by atoms with E-state index in [1.54, 1.807) is 0 Å². The van der Waals surface area contributed by atoms with E-state index in [1.807, 2.05) is 18.7 Å². The summed E-state index contributed by atoms with van der Waals surface area (Å²) in [5.74, 6) is 0.144. The van der Waals surface area contributed by atoms with Gasteiger partial charge in [-0.15, -0.1) is 0 Å². The summed E-state index contributed by atoms with van der Waals surface area (Å²) in [6.45, 7) is 8.65. The highest BCUT2D eigenvalue weighted by molar-refractivity contribution is 6.03. The third kappa shape index (κ3) is 1.66. The second kappa shape index (κ2) is 3.81. The lowest BCUT2D eigenvalue weighted by Gasteiger charge is -2.33. The topological polar surface area (TPSA) is 32.3 Å². The maximum Gasteiger partial charge on any atom is 0.246 e. The molecule has 2 rings (SSSR count). The van der Waals surface area contributed by atoms with Gasteiger partial charge in [0, 0.05) is 6.04 Å². The van der Waals surface area contributed by atoms with Crippen LogP contribution in [0.2, 0.25) is 0 Å². The van der Waals surface area contributed by atoms with Crippen molar-refractivity contribution in [1.82, 2.24) is 0 Å². The van der Waals surface area contributed by atoms with Gasteiger partial charge in [-0.05, 0) is 51.0 Å². The second-order valence-corrected chi connectivity index (χ2v) is 4.66. The molecule has 3 heteroatoms. The standard InChI is InChI=1S/C13H18N2O/c1-8(2)15-12-6-10(4)9(3)5-11(12)14-7-13(15)16/h5-6,8,14H,7H2,1-4H3. The molecule has 1 aromatic carbocycles. The highest BCUT2D eigenvalue weighted by atomic mass is 16.2. The first kappa shape index (κ1) is 11.0. The quantitative estimate of drug-likeness (QED) is 0.785. The van der Waals surface area contributed by atoms with Gasteiger partial charge < -0.3 is 10.2 Å². The zero-order valence-corrected chi connectivity index (χ0v) is 10.3. The van der Waals surface area contributed by atoms with Crippen LogP contribution in [0.3, 0.4) is 0 Å². The van der Waals surface area contributed by atoms with Gasteiger partial charge in [0.15, 0.2) is 0 Å². The normalized spacial score (nSPS) is 15.1. The van der Waals surface area contributed by atoms with Crippen LogP contribution in [0.4, 0.5) is 11.4 Å². The van der Waals surface area contributed by atoms with E-state index in [2.05, 4.69) is 31.3 Å². The molecule has 0 saturated carbocycles. The van der Waals surface area contributed by atoms with Gasteiger partial charge in [-0.2, -0.15) is 0 Å². The zero-order chi connectivity index (χ0) is 11.9. The van der Waals surface area contributed by atoms with E-state index < -0.39 is 0 Å². The fourth-order valence-corrected chi connectivity index (χ4v) is 2.10. The summed E-state index contributed by atoms with van der Waals surface area (Å²) in [6, 6.07) is 4.41. The Morgan fingerprint density at radius 3 is 2.50 bits per heavy atom. The Balaban J connectivity index is 2.55. The number of hydrogen-bond donors (Lipinski definition) is 1. The molecular formula is C13H18N2O. The Labute approximate surface area is 96.5 Å². The maximum absolute atomic E-state index is 11.9. The molecule has 3 nitrogen and oxygen atoms in total. The van der Waals surface area contributed by atoms with Crippen molar-refractivity contribution in [3.05, 3.63) is 23.3 Å². The van der Waals surface area contributed by atoms with Crippen LogP contribution in [-0.2, 0) is 4.79 Å². The minimum absolute atomic E-state index is 0.144. The number of amides is 1. The van der Waals surface area contributed by atoms with Gasteiger partial charge in [0.05, 0.1) is 17.9 Å². The van der Waals surface area contributed by atoms with Crippen molar-refractivity contribution >= 4 is 17.3 Å². The second-order valence-electron chi connectivity index (χ2n) is 4.66. The molecule has 86 valence electrons. The van der Waals surface area contributed by atoms with Crippen LogP contribution < -0.4 is 10.2 Å². The zero-order valence-electron chi connectivity index (χ0n) is 10.3. The first-order valence-corrected chi connectivity index (χ1v) is 5.68. The van der Waals surface area contributed by atoms with Gasteiger partial charge in [-0.25, -0.2) is 0 Å². The maximum atomic E-state index is 11.9. The Hall–Kier alpha value is -1.51. The van der Waals surface area contributed by atoms with Crippen molar-refractivity contribution in [3.8, 4) is 0 Å². The van der Waals surface area contributed by atoms with E-state index in [4.69, 9.17) is 0 Å². The van der Waals surface area contributed by atoms with Crippen molar-refractivity contribution in [2.24, 2.45) is 0 Å². The number of fused-ring (bicyclic) bond motifs is 1. The summed E-state index contributed by atoms with van der Waals surface area (Å²) in [5, 5.41) is 3.17. The van der Waals surface area contributed by atoms with E-state index in [9.17, 15) is 4.79 Å². The van der Waals surface area contributed by atoms with Crippen molar-refractivity contribution in [1.29, 1.82) is 0 Å². The largest absolute Gasteiger partial charge is 0.374 e. The van der Waals surface area contributed by atoms with Gasteiger partial charge in [0.2, 0.25) is 5.91 Å². The summed E-state index contributed by atoms with van der Waals surface area (Å²) in [4.78, 5) is 13.7. The molecule has 1 aliphatic rings. The number of hydrogen-bond acceptors (Lipinski definition) is 2. The summed E-state index contributed by atoms with van der Waals surface area (Å²) in [7, 11) is 0. The third-order valence-electron chi connectivity index (χ3n) is 3.09. The fraction of sp³-hybridized carbons (Fsp3) is 0.462. The lowest BCUT2D eigenvalue weighted by atomic mass is 10.0. The van der Waals surface area contributed by atoms with Crippen LogP contribution in [0.15, 0.2) is 12.1 Å². The molecule has 0 aromatic heterocycles. The Morgan fingerprint density at radius 1 is 1.25 bits per heavy atom. The van der Waals surface area contributed by atoms with Crippen LogP contribution in [0.5, 0.6) is 0 Å². The summed E-state index contributed by atoms with van der Waals surface area (Å²) in [5.41, 5.74) is 4.55. The minimum atomic E-state index is 0.144. The monoisotopic (exact) mass is 218 g/mol. The summed E-state index contributed by atoms with van der Waals surface area (Å²) in [6.07, 6.45) is 0. The van der Waals surface area contributed by atoms with Crippen LogP contribution >= 0.6 is 0 Å². The van der Waals surface area contributed by atoms with E-state index >= 15 is 0 Å². The van der Waals surface area contributed by atoms with E-state index in [0.717, 1.165) is 11.4 Å². The number of rotatable bonds is 1. The molecule has 0 aliphatic carbocycles. The fourth-order valence-electron chi connectivity index (χ4n) is 2.10. The molecule has 16 heavy (non-hydrogen) atoms. The third-order valence-corrected chi connectivity index (χ3v) is 3.09. The highest BCUT2D eigenvalue weighted by Crippen LogP contribution is 2.33. The van der Waals surface area contributed by atoms with Crippen LogP contribution in [0, 0.1) is 13.8 Å². The molecule has 0 atom stereocenters. The predicted molar refractivity (Wildman–Crippen MR) is 67.0 cm³/mol. The molecule has 1 N–H and O–H groups in total. The Kier molecular flexibility index (Phi) is 2.62. The number of benzene rings is 1. The Morgan fingerprint density at radius 2 is 1.88 bits per heavy atom. The first-order chi connectivity index (χ1) is 7.50. The average molecular weight is 218 g/mol. The molecule has 1 heterocycles. The lowest BCUT2D eigenvalue weighted by molar-refractivity contribution is -0.117. The molecule has 0 fully saturated rings. The lowest BCUT2D eigenvalue weighted by Crippen LogP contribution is -2.44.